The van der Waals surface area contributed by atoms with E-state index in [9.17, 15) is 4.79 Å². The third-order valence-corrected chi connectivity index (χ3v) is 6.98. The Morgan fingerprint density at radius 3 is 2.61 bits per heavy atom. The number of carbonyl (C=O) groups is 1. The summed E-state index contributed by atoms with van der Waals surface area (Å²) in [5.41, 5.74) is 6.29. The van der Waals surface area contributed by atoms with Crippen molar-refractivity contribution in [3.63, 3.8) is 0 Å². The van der Waals surface area contributed by atoms with E-state index in [1.165, 1.54) is 27.8 Å². The number of hydrogen-bond acceptors (Lipinski definition) is 7. The molecule has 2 aliphatic rings. The maximum Gasteiger partial charge on any atom is 0.286 e. The fraction of sp³-hybridized carbons (Fsp3) is 0.500. The summed E-state index contributed by atoms with van der Waals surface area (Å²) in [6, 6.07) is 14.9. The van der Waals surface area contributed by atoms with E-state index < -0.39 is 6.29 Å². The van der Waals surface area contributed by atoms with E-state index in [1.54, 1.807) is 7.11 Å². The second kappa shape index (κ2) is 14.4. The van der Waals surface area contributed by atoms with Gasteiger partial charge in [-0.2, -0.15) is 0 Å². The number of rotatable bonds is 15. The first kappa shape index (κ1) is 28.3. The summed E-state index contributed by atoms with van der Waals surface area (Å²) in [4.78, 5) is 13.0. The molecule has 0 fully saturated rings. The first-order valence-corrected chi connectivity index (χ1v) is 13.4. The molecule has 38 heavy (non-hydrogen) atoms. The number of hydrogen-bond donors (Lipinski definition) is 2. The van der Waals surface area contributed by atoms with Crippen LogP contribution in [0.1, 0.15) is 36.0 Å². The number of nitrogens with one attached hydrogen (secondary N) is 1. The van der Waals surface area contributed by atoms with Gasteiger partial charge in [-0.25, -0.2) is 0 Å². The van der Waals surface area contributed by atoms with Crippen LogP contribution in [0.5, 0.6) is 0 Å². The van der Waals surface area contributed by atoms with E-state index in [4.69, 9.17) is 28.8 Å². The minimum absolute atomic E-state index is 0.00386. The second-order valence-electron chi connectivity index (χ2n) is 9.36. The van der Waals surface area contributed by atoms with Gasteiger partial charge in [0.05, 0.1) is 33.0 Å². The van der Waals surface area contributed by atoms with Crippen molar-refractivity contribution < 1.29 is 33.6 Å². The summed E-state index contributed by atoms with van der Waals surface area (Å²) in [5.74, 6) is -0.156. The molecule has 2 aromatic rings. The lowest BCUT2D eigenvalue weighted by atomic mass is 9.78. The highest BCUT2D eigenvalue weighted by Crippen LogP contribution is 2.45. The van der Waals surface area contributed by atoms with Crippen LogP contribution in [0.4, 0.5) is 0 Å². The maximum atomic E-state index is 13.0. The Morgan fingerprint density at radius 2 is 1.82 bits per heavy atom. The highest BCUT2D eigenvalue weighted by Gasteiger charge is 2.39. The standard InChI is InChI=1S/C30H39NO7/c1-3-37-30-25(11-14-35-17-18-36-16-13-32)27(20-28(38-30)29(33)31-12-15-34-2)24-10-6-9-23-22-8-5-4-7-21(22)19-26(23)24/h4-10,20,25,27,30,32H,3,11-19H2,1-2H3,(H,31,33). The van der Waals surface area contributed by atoms with Crippen LogP contribution in [0.25, 0.3) is 11.1 Å². The van der Waals surface area contributed by atoms with Gasteiger partial charge in [-0.3, -0.25) is 4.79 Å². The van der Waals surface area contributed by atoms with E-state index in [-0.39, 0.29) is 30.1 Å². The highest BCUT2D eigenvalue weighted by atomic mass is 16.7. The molecular formula is C30H39NO7. The lowest BCUT2D eigenvalue weighted by Crippen LogP contribution is -2.40. The van der Waals surface area contributed by atoms with Crippen molar-refractivity contribution in [1.82, 2.24) is 5.32 Å². The third kappa shape index (κ3) is 6.81. The molecule has 2 aromatic carbocycles. The quantitative estimate of drug-likeness (QED) is 0.294. The van der Waals surface area contributed by atoms with Gasteiger partial charge in [0.25, 0.3) is 5.91 Å². The molecule has 0 aromatic heterocycles. The third-order valence-electron chi connectivity index (χ3n) is 6.98. The molecule has 8 nitrogen and oxygen atoms in total. The summed E-state index contributed by atoms with van der Waals surface area (Å²) in [5, 5.41) is 11.7. The average molecular weight is 526 g/mol. The Morgan fingerprint density at radius 1 is 1.03 bits per heavy atom. The number of ether oxygens (including phenoxy) is 5. The molecule has 8 heteroatoms. The van der Waals surface area contributed by atoms with Crippen LogP contribution in [0, 0.1) is 5.92 Å². The first-order chi connectivity index (χ1) is 18.7. The molecule has 4 rings (SSSR count). The lowest BCUT2D eigenvalue weighted by molar-refractivity contribution is -0.168. The maximum absolute atomic E-state index is 13.0. The van der Waals surface area contributed by atoms with Crippen LogP contribution in [0.2, 0.25) is 0 Å². The molecule has 0 saturated carbocycles. The summed E-state index contributed by atoms with van der Waals surface area (Å²) < 4.78 is 28.4. The summed E-state index contributed by atoms with van der Waals surface area (Å²) >= 11 is 0. The van der Waals surface area contributed by atoms with Crippen molar-refractivity contribution >= 4 is 5.91 Å². The molecule has 0 bridgehead atoms. The minimum Gasteiger partial charge on any atom is -0.459 e. The zero-order valence-corrected chi connectivity index (χ0v) is 22.3. The van der Waals surface area contributed by atoms with E-state index in [1.807, 2.05) is 13.0 Å². The minimum atomic E-state index is -0.591. The Labute approximate surface area is 224 Å². The van der Waals surface area contributed by atoms with Crippen LogP contribution < -0.4 is 5.32 Å². The second-order valence-corrected chi connectivity index (χ2v) is 9.36. The number of benzene rings is 2. The summed E-state index contributed by atoms with van der Waals surface area (Å²) in [7, 11) is 1.60. The predicted octanol–water partition coefficient (Wildman–Crippen LogP) is 3.41. The van der Waals surface area contributed by atoms with Crippen LogP contribution in [0.3, 0.4) is 0 Å². The number of methoxy groups -OCH3 is 1. The Kier molecular flexibility index (Phi) is 10.7. The lowest BCUT2D eigenvalue weighted by Gasteiger charge is -2.37. The van der Waals surface area contributed by atoms with Crippen molar-refractivity contribution in [2.75, 3.05) is 59.9 Å². The van der Waals surface area contributed by atoms with Crippen LogP contribution >= 0.6 is 0 Å². The Bertz CT molecular complexity index is 1090. The van der Waals surface area contributed by atoms with Crippen LogP contribution in [0.15, 0.2) is 54.3 Å². The summed E-state index contributed by atoms with van der Waals surface area (Å²) in [6.07, 6.45) is 2.89. The van der Waals surface area contributed by atoms with Gasteiger partial charge < -0.3 is 34.1 Å². The number of aliphatic hydroxyl groups excluding tert-OH is 1. The van der Waals surface area contributed by atoms with Crippen LogP contribution in [-0.2, 0) is 34.9 Å². The van der Waals surface area contributed by atoms with E-state index in [2.05, 4.69) is 47.8 Å². The van der Waals surface area contributed by atoms with E-state index in [0.717, 1.165) is 6.42 Å². The Hall–Kier alpha value is -2.75. The number of fused-ring (bicyclic) bond motifs is 3. The monoisotopic (exact) mass is 525 g/mol. The molecule has 1 aliphatic carbocycles. The van der Waals surface area contributed by atoms with Gasteiger partial charge in [0.1, 0.15) is 0 Å². The summed E-state index contributed by atoms with van der Waals surface area (Å²) in [6.45, 7) is 4.86. The smallest absolute Gasteiger partial charge is 0.286 e. The van der Waals surface area contributed by atoms with Gasteiger partial charge in [-0.15, -0.1) is 0 Å². The SMILES string of the molecule is CCOC1OC(C(=O)NCCOC)=CC(c2cccc3c2Cc2ccccc2-3)C1CCOCCOCCO. The molecule has 2 N–H and O–H groups in total. The molecule has 0 saturated heterocycles. The van der Waals surface area contributed by atoms with Gasteiger partial charge in [0.2, 0.25) is 6.29 Å². The van der Waals surface area contributed by atoms with E-state index in [0.29, 0.717) is 52.6 Å². The fourth-order valence-electron chi connectivity index (χ4n) is 5.25. The number of carbonyl (C=O) groups excluding carboxylic acids is 1. The highest BCUT2D eigenvalue weighted by molar-refractivity contribution is 5.91. The van der Waals surface area contributed by atoms with Gasteiger partial charge in [-0.05, 0) is 53.7 Å². The topological polar surface area (TPSA) is 95.5 Å². The molecule has 1 heterocycles. The average Bonchev–Trinajstić information content (AvgIpc) is 3.32. The molecular weight excluding hydrogens is 486 g/mol. The van der Waals surface area contributed by atoms with Gasteiger partial charge in [-0.1, -0.05) is 42.5 Å². The van der Waals surface area contributed by atoms with Crippen LogP contribution in [-0.4, -0.2) is 77.2 Å². The molecule has 1 amide bonds. The molecule has 0 radical (unpaired) electrons. The molecule has 3 unspecified atom stereocenters. The predicted molar refractivity (Wildman–Crippen MR) is 144 cm³/mol. The zero-order valence-electron chi connectivity index (χ0n) is 22.3. The van der Waals surface area contributed by atoms with Crippen molar-refractivity contribution in [3.05, 3.63) is 71.0 Å². The van der Waals surface area contributed by atoms with E-state index >= 15 is 0 Å². The van der Waals surface area contributed by atoms with Gasteiger partial charge in [0.15, 0.2) is 5.76 Å². The number of amides is 1. The molecule has 1 aliphatic heterocycles. The van der Waals surface area contributed by atoms with Crippen molar-refractivity contribution in [3.8, 4) is 11.1 Å². The number of aliphatic hydroxyl groups is 1. The van der Waals surface area contributed by atoms with Gasteiger partial charge in [0, 0.05) is 38.7 Å². The Balaban J connectivity index is 1.62. The molecule has 0 spiro atoms. The number of allylic oxidation sites excluding steroid dienone is 1. The van der Waals surface area contributed by atoms with Crippen molar-refractivity contribution in [2.24, 2.45) is 5.92 Å². The first-order valence-electron chi connectivity index (χ1n) is 13.4. The van der Waals surface area contributed by atoms with Crippen molar-refractivity contribution in [2.45, 2.75) is 32.0 Å². The normalized spacial score (nSPS) is 19.9. The fourth-order valence-corrected chi connectivity index (χ4v) is 5.25. The molecule has 3 atom stereocenters. The molecule has 206 valence electrons. The van der Waals surface area contributed by atoms with Crippen molar-refractivity contribution in [1.29, 1.82) is 0 Å². The van der Waals surface area contributed by atoms with Gasteiger partial charge >= 0.3 is 0 Å². The largest absolute Gasteiger partial charge is 0.459 e. The zero-order chi connectivity index (χ0) is 26.7.